The highest BCUT2D eigenvalue weighted by atomic mass is 79.9. The zero-order valence-electron chi connectivity index (χ0n) is 15.8. The van der Waals surface area contributed by atoms with Gasteiger partial charge in [0.15, 0.2) is 5.82 Å². The molecular weight excluding hydrogens is 454 g/mol. The molecule has 1 aromatic heterocycles. The SMILES string of the molecule is O=C(Nc1cccc(Cl)c1)N(Cc1nc2n(n1)CCCCC2)c1ccc(Br)cc1. The third-order valence-electron chi connectivity index (χ3n) is 4.82. The fraction of sp³-hybridized carbons (Fsp3) is 0.286. The van der Waals surface area contributed by atoms with E-state index >= 15 is 0 Å². The van der Waals surface area contributed by atoms with Crippen LogP contribution in [0.5, 0.6) is 0 Å². The normalized spacial score (nSPS) is 13.4. The molecule has 0 atom stereocenters. The fourth-order valence-corrected chi connectivity index (χ4v) is 3.83. The number of nitrogens with one attached hydrogen (secondary N) is 1. The van der Waals surface area contributed by atoms with Crippen LogP contribution in [-0.4, -0.2) is 20.8 Å². The minimum atomic E-state index is -0.264. The fourth-order valence-electron chi connectivity index (χ4n) is 3.38. The topological polar surface area (TPSA) is 63.1 Å². The lowest BCUT2D eigenvalue weighted by atomic mass is 10.2. The highest BCUT2D eigenvalue weighted by Gasteiger charge is 2.21. The van der Waals surface area contributed by atoms with E-state index in [1.807, 2.05) is 28.9 Å². The first-order chi connectivity index (χ1) is 14.1. The Balaban J connectivity index is 1.60. The van der Waals surface area contributed by atoms with Gasteiger partial charge in [0.1, 0.15) is 5.82 Å². The number of hydrogen-bond acceptors (Lipinski definition) is 3. The van der Waals surface area contributed by atoms with E-state index in [1.165, 1.54) is 6.42 Å². The smallest absolute Gasteiger partial charge is 0.307 e. The molecule has 2 heterocycles. The molecule has 150 valence electrons. The Labute approximate surface area is 183 Å². The van der Waals surface area contributed by atoms with Crippen LogP contribution in [-0.2, 0) is 19.5 Å². The number of benzene rings is 2. The van der Waals surface area contributed by atoms with Crippen LogP contribution in [0.4, 0.5) is 16.2 Å². The summed E-state index contributed by atoms with van der Waals surface area (Å²) in [5, 5.41) is 8.13. The lowest BCUT2D eigenvalue weighted by Gasteiger charge is -2.22. The maximum atomic E-state index is 13.1. The largest absolute Gasteiger partial charge is 0.326 e. The van der Waals surface area contributed by atoms with Gasteiger partial charge >= 0.3 is 6.03 Å². The minimum absolute atomic E-state index is 0.264. The summed E-state index contributed by atoms with van der Waals surface area (Å²) in [6.07, 6.45) is 4.37. The van der Waals surface area contributed by atoms with Crippen LogP contribution >= 0.6 is 27.5 Å². The number of halogens is 2. The molecule has 0 radical (unpaired) electrons. The Morgan fingerprint density at radius 1 is 1.17 bits per heavy atom. The molecule has 0 bridgehead atoms. The molecule has 1 aliphatic heterocycles. The molecule has 0 spiro atoms. The van der Waals surface area contributed by atoms with Crippen LogP contribution in [0.2, 0.25) is 5.02 Å². The number of fused-ring (bicyclic) bond motifs is 1. The van der Waals surface area contributed by atoms with Crippen LogP contribution < -0.4 is 10.2 Å². The van der Waals surface area contributed by atoms with E-state index in [4.69, 9.17) is 16.6 Å². The second kappa shape index (κ2) is 8.97. The molecule has 0 aliphatic carbocycles. The quantitative estimate of drug-likeness (QED) is 0.531. The summed E-state index contributed by atoms with van der Waals surface area (Å²) in [7, 11) is 0. The number of aryl methyl sites for hydroxylation is 2. The van der Waals surface area contributed by atoms with Crippen molar-refractivity contribution in [3.63, 3.8) is 0 Å². The number of rotatable bonds is 4. The third kappa shape index (κ3) is 4.97. The maximum Gasteiger partial charge on any atom is 0.326 e. The van der Waals surface area contributed by atoms with Crippen molar-refractivity contribution in [3.05, 3.63) is 69.7 Å². The van der Waals surface area contributed by atoms with Crippen LogP contribution in [0.15, 0.2) is 53.0 Å². The van der Waals surface area contributed by atoms with Gasteiger partial charge in [0, 0.05) is 33.8 Å². The number of hydrogen-bond donors (Lipinski definition) is 1. The van der Waals surface area contributed by atoms with E-state index in [9.17, 15) is 4.79 Å². The van der Waals surface area contributed by atoms with E-state index in [0.717, 1.165) is 41.8 Å². The molecule has 1 N–H and O–H groups in total. The summed E-state index contributed by atoms with van der Waals surface area (Å²) in [5.74, 6) is 1.65. The summed E-state index contributed by atoms with van der Waals surface area (Å²) in [4.78, 5) is 19.4. The Bertz CT molecular complexity index is 981. The van der Waals surface area contributed by atoms with Gasteiger partial charge in [-0.1, -0.05) is 40.0 Å². The number of carbonyl (C=O) groups is 1. The minimum Gasteiger partial charge on any atom is -0.307 e. The van der Waals surface area contributed by atoms with Crippen molar-refractivity contribution in [2.24, 2.45) is 0 Å². The molecular formula is C21H21BrClN5O. The van der Waals surface area contributed by atoms with E-state index in [2.05, 4.69) is 26.3 Å². The zero-order valence-corrected chi connectivity index (χ0v) is 18.2. The first kappa shape index (κ1) is 19.9. The van der Waals surface area contributed by atoms with Gasteiger partial charge in [-0.25, -0.2) is 14.5 Å². The van der Waals surface area contributed by atoms with Gasteiger partial charge in [0.2, 0.25) is 0 Å². The van der Waals surface area contributed by atoms with Crippen molar-refractivity contribution >= 4 is 44.9 Å². The molecule has 3 aromatic rings. The molecule has 0 unspecified atom stereocenters. The van der Waals surface area contributed by atoms with Crippen LogP contribution in [0.25, 0.3) is 0 Å². The molecule has 2 amide bonds. The standard InChI is InChI=1S/C21H21BrClN5O/c22-15-8-10-18(11-9-15)27(21(29)24-17-6-4-5-16(23)13-17)14-19-25-20-7-2-1-3-12-28(20)26-19/h4-6,8-11,13H,1-3,7,12,14H2,(H,24,29). The van der Waals surface area contributed by atoms with Gasteiger partial charge in [0.05, 0.1) is 6.54 Å². The van der Waals surface area contributed by atoms with Crippen molar-refractivity contribution in [2.45, 2.75) is 38.8 Å². The molecule has 29 heavy (non-hydrogen) atoms. The summed E-state index contributed by atoms with van der Waals surface area (Å²) in [5.41, 5.74) is 1.40. The number of anilines is 2. The predicted molar refractivity (Wildman–Crippen MR) is 118 cm³/mol. The van der Waals surface area contributed by atoms with E-state index in [-0.39, 0.29) is 12.6 Å². The third-order valence-corrected chi connectivity index (χ3v) is 5.59. The first-order valence-corrected chi connectivity index (χ1v) is 10.8. The molecule has 0 saturated carbocycles. The second-order valence-corrected chi connectivity index (χ2v) is 8.33. The lowest BCUT2D eigenvalue weighted by Crippen LogP contribution is -2.35. The number of carbonyl (C=O) groups excluding carboxylic acids is 1. The van der Waals surface area contributed by atoms with E-state index < -0.39 is 0 Å². The van der Waals surface area contributed by atoms with Gasteiger partial charge in [0.25, 0.3) is 0 Å². The van der Waals surface area contributed by atoms with Crippen LogP contribution in [0, 0.1) is 0 Å². The van der Waals surface area contributed by atoms with Crippen molar-refractivity contribution < 1.29 is 4.79 Å². The maximum absolute atomic E-state index is 13.1. The van der Waals surface area contributed by atoms with Crippen molar-refractivity contribution in [2.75, 3.05) is 10.2 Å². The molecule has 4 rings (SSSR count). The van der Waals surface area contributed by atoms with Crippen molar-refractivity contribution in [1.82, 2.24) is 14.8 Å². The van der Waals surface area contributed by atoms with Gasteiger partial charge < -0.3 is 5.32 Å². The van der Waals surface area contributed by atoms with E-state index in [0.29, 0.717) is 16.5 Å². The van der Waals surface area contributed by atoms with Gasteiger partial charge in [-0.2, -0.15) is 5.10 Å². The highest BCUT2D eigenvalue weighted by Crippen LogP contribution is 2.23. The molecule has 6 nitrogen and oxygen atoms in total. The van der Waals surface area contributed by atoms with Gasteiger partial charge in [-0.3, -0.25) is 4.90 Å². The van der Waals surface area contributed by atoms with Crippen molar-refractivity contribution in [3.8, 4) is 0 Å². The Hall–Kier alpha value is -2.38. The Kier molecular flexibility index (Phi) is 6.16. The predicted octanol–water partition coefficient (Wildman–Crippen LogP) is 5.66. The highest BCUT2D eigenvalue weighted by molar-refractivity contribution is 9.10. The molecule has 0 fully saturated rings. The van der Waals surface area contributed by atoms with E-state index in [1.54, 1.807) is 29.2 Å². The number of aromatic nitrogens is 3. The summed E-state index contributed by atoms with van der Waals surface area (Å²) in [6.45, 7) is 1.17. The molecule has 1 aliphatic rings. The number of amides is 2. The molecule has 0 saturated heterocycles. The summed E-state index contributed by atoms with van der Waals surface area (Å²) >= 11 is 9.49. The average molecular weight is 475 g/mol. The van der Waals surface area contributed by atoms with Crippen LogP contribution in [0.1, 0.15) is 30.9 Å². The van der Waals surface area contributed by atoms with Gasteiger partial charge in [-0.15, -0.1) is 0 Å². The van der Waals surface area contributed by atoms with Crippen molar-refractivity contribution in [1.29, 1.82) is 0 Å². The molecule has 8 heteroatoms. The average Bonchev–Trinajstić information content (AvgIpc) is 2.95. The second-order valence-electron chi connectivity index (χ2n) is 6.98. The first-order valence-electron chi connectivity index (χ1n) is 9.61. The monoisotopic (exact) mass is 473 g/mol. The van der Waals surface area contributed by atoms with Gasteiger partial charge in [-0.05, 0) is 55.3 Å². The number of nitrogens with zero attached hydrogens (tertiary/aromatic N) is 4. The lowest BCUT2D eigenvalue weighted by molar-refractivity contribution is 0.256. The van der Waals surface area contributed by atoms with Crippen LogP contribution in [0.3, 0.4) is 0 Å². The summed E-state index contributed by atoms with van der Waals surface area (Å²) in [6, 6.07) is 14.4. The number of urea groups is 1. The molecule has 2 aromatic carbocycles. The summed E-state index contributed by atoms with van der Waals surface area (Å²) < 4.78 is 2.93. The zero-order chi connectivity index (χ0) is 20.2. The Morgan fingerprint density at radius 2 is 2.00 bits per heavy atom. The Morgan fingerprint density at radius 3 is 2.79 bits per heavy atom.